The molecule has 0 N–H and O–H groups in total. The summed E-state index contributed by atoms with van der Waals surface area (Å²) in [4.78, 5) is 13.2. The predicted octanol–water partition coefficient (Wildman–Crippen LogP) is 2.84. The third-order valence-corrected chi connectivity index (χ3v) is 3.16. The van der Waals surface area contributed by atoms with Gasteiger partial charge in [-0.25, -0.2) is 0 Å². The van der Waals surface area contributed by atoms with E-state index in [9.17, 15) is 10.1 Å². The van der Waals surface area contributed by atoms with Gasteiger partial charge >= 0.3 is 0 Å². The Morgan fingerprint density at radius 1 is 1.60 bits per heavy atom. The molecule has 0 amide bonds. The Kier molecular flexibility index (Phi) is 3.85. The van der Waals surface area contributed by atoms with Crippen molar-refractivity contribution in [2.45, 2.75) is 13.3 Å². The fourth-order valence-electron chi connectivity index (χ4n) is 1.11. The van der Waals surface area contributed by atoms with Gasteiger partial charge in [-0.1, -0.05) is 6.92 Å². The van der Waals surface area contributed by atoms with E-state index >= 15 is 0 Å². The van der Waals surface area contributed by atoms with Crippen molar-refractivity contribution in [3.05, 3.63) is 32.8 Å². The minimum atomic E-state index is -0.324. The van der Waals surface area contributed by atoms with Gasteiger partial charge in [0, 0.05) is 31.5 Å². The average molecular weight is 226 g/mol. The van der Waals surface area contributed by atoms with E-state index in [0.717, 1.165) is 9.88 Å². The van der Waals surface area contributed by atoms with Crippen LogP contribution in [0.4, 0.5) is 5.00 Å². The van der Waals surface area contributed by atoms with E-state index in [1.165, 1.54) is 0 Å². The highest BCUT2D eigenvalue weighted by Crippen LogP contribution is 2.26. The summed E-state index contributed by atoms with van der Waals surface area (Å²) in [5.41, 5.74) is 0.252. The molecule has 0 saturated carbocycles. The number of anilines is 1. The molecule has 1 heterocycles. The van der Waals surface area contributed by atoms with Crippen LogP contribution in [0.15, 0.2) is 17.8 Å². The number of nitrogens with zero attached hydrogens (tertiary/aromatic N) is 2. The molecule has 0 unspecified atom stereocenters. The molecule has 0 aliphatic rings. The third kappa shape index (κ3) is 3.06. The normalized spacial score (nSPS) is 11.5. The Hall–Kier alpha value is -1.36. The maximum absolute atomic E-state index is 10.6. The molecule has 0 spiro atoms. The molecule has 1 aromatic rings. The minimum Gasteiger partial charge on any atom is -0.370 e. The SMILES string of the molecule is CCC(=Cc1ccc(N(C)C)s1)[N+](=O)[O-]. The fraction of sp³-hybridized carbons (Fsp3) is 0.400. The predicted molar refractivity (Wildman–Crippen MR) is 63.9 cm³/mol. The van der Waals surface area contributed by atoms with E-state index in [1.807, 2.05) is 31.1 Å². The number of thiophene rings is 1. The topological polar surface area (TPSA) is 46.4 Å². The van der Waals surface area contributed by atoms with Crippen molar-refractivity contribution in [2.75, 3.05) is 19.0 Å². The van der Waals surface area contributed by atoms with Crippen molar-refractivity contribution in [1.29, 1.82) is 0 Å². The first-order valence-corrected chi connectivity index (χ1v) is 5.48. The molecule has 0 fully saturated rings. The van der Waals surface area contributed by atoms with Gasteiger partial charge in [-0.2, -0.15) is 0 Å². The summed E-state index contributed by atoms with van der Waals surface area (Å²) in [7, 11) is 3.90. The minimum absolute atomic E-state index is 0.252. The van der Waals surface area contributed by atoms with Crippen LogP contribution in [0.1, 0.15) is 18.2 Å². The molecule has 0 aliphatic carbocycles. The van der Waals surface area contributed by atoms with Gasteiger partial charge in [0.15, 0.2) is 0 Å². The second-order valence-corrected chi connectivity index (χ2v) is 4.41. The van der Waals surface area contributed by atoms with Crippen molar-refractivity contribution in [1.82, 2.24) is 0 Å². The Balaban J connectivity index is 2.92. The van der Waals surface area contributed by atoms with E-state index in [4.69, 9.17) is 0 Å². The zero-order valence-corrected chi connectivity index (χ0v) is 9.87. The summed E-state index contributed by atoms with van der Waals surface area (Å²) >= 11 is 1.55. The molecular formula is C10H14N2O2S. The van der Waals surface area contributed by atoms with Crippen LogP contribution in [0.2, 0.25) is 0 Å². The Bertz CT molecular complexity index is 383. The van der Waals surface area contributed by atoms with E-state index < -0.39 is 0 Å². The second-order valence-electron chi connectivity index (χ2n) is 3.32. The molecule has 4 nitrogen and oxygen atoms in total. The van der Waals surface area contributed by atoms with Crippen LogP contribution in [0, 0.1) is 10.1 Å². The lowest BCUT2D eigenvalue weighted by Crippen LogP contribution is -2.05. The standard InChI is InChI=1S/C10H14N2O2S/c1-4-8(12(13)14)7-9-5-6-10(15-9)11(2)3/h5-7H,4H2,1-3H3. The van der Waals surface area contributed by atoms with Crippen LogP contribution in [0.25, 0.3) is 6.08 Å². The first kappa shape index (κ1) is 11.7. The Morgan fingerprint density at radius 2 is 2.27 bits per heavy atom. The van der Waals surface area contributed by atoms with Crippen molar-refractivity contribution < 1.29 is 4.92 Å². The highest BCUT2D eigenvalue weighted by atomic mass is 32.1. The van der Waals surface area contributed by atoms with Gasteiger partial charge in [0.25, 0.3) is 0 Å². The van der Waals surface area contributed by atoms with Crippen molar-refractivity contribution in [3.8, 4) is 0 Å². The van der Waals surface area contributed by atoms with Gasteiger partial charge in [-0.3, -0.25) is 10.1 Å². The molecule has 15 heavy (non-hydrogen) atoms. The fourth-order valence-corrected chi connectivity index (χ4v) is 2.00. The molecule has 5 heteroatoms. The first-order chi connectivity index (χ1) is 7.04. The summed E-state index contributed by atoms with van der Waals surface area (Å²) in [6.45, 7) is 1.79. The van der Waals surface area contributed by atoms with Crippen molar-refractivity contribution >= 4 is 22.4 Å². The zero-order chi connectivity index (χ0) is 11.4. The average Bonchev–Trinajstić information content (AvgIpc) is 2.61. The van der Waals surface area contributed by atoms with Crippen LogP contribution in [-0.4, -0.2) is 19.0 Å². The molecule has 0 aromatic carbocycles. The molecule has 0 atom stereocenters. The Labute approximate surface area is 93.0 Å². The van der Waals surface area contributed by atoms with Gasteiger partial charge in [0.2, 0.25) is 5.70 Å². The van der Waals surface area contributed by atoms with Gasteiger partial charge in [-0.05, 0) is 12.1 Å². The summed E-state index contributed by atoms with van der Waals surface area (Å²) in [5, 5.41) is 11.7. The highest BCUT2D eigenvalue weighted by molar-refractivity contribution is 7.16. The molecule has 1 aromatic heterocycles. The largest absolute Gasteiger partial charge is 0.370 e. The summed E-state index contributed by atoms with van der Waals surface area (Å²) in [5.74, 6) is 0. The molecule has 0 aliphatic heterocycles. The summed E-state index contributed by atoms with van der Waals surface area (Å²) < 4.78 is 0. The van der Waals surface area contributed by atoms with E-state index in [0.29, 0.717) is 6.42 Å². The number of rotatable bonds is 4. The maximum atomic E-state index is 10.6. The van der Waals surface area contributed by atoms with E-state index in [1.54, 1.807) is 24.3 Å². The lowest BCUT2D eigenvalue weighted by Gasteiger charge is -2.06. The highest BCUT2D eigenvalue weighted by Gasteiger charge is 2.08. The lowest BCUT2D eigenvalue weighted by atomic mass is 10.3. The van der Waals surface area contributed by atoms with Gasteiger partial charge in [0.1, 0.15) is 0 Å². The van der Waals surface area contributed by atoms with Gasteiger partial charge < -0.3 is 4.90 Å². The monoisotopic (exact) mass is 226 g/mol. The summed E-state index contributed by atoms with van der Waals surface area (Å²) in [6.07, 6.45) is 2.08. The third-order valence-electron chi connectivity index (χ3n) is 1.96. The van der Waals surface area contributed by atoms with Gasteiger partial charge in [-0.15, -0.1) is 11.3 Å². The van der Waals surface area contributed by atoms with E-state index in [-0.39, 0.29) is 10.6 Å². The Morgan fingerprint density at radius 3 is 2.67 bits per heavy atom. The maximum Gasteiger partial charge on any atom is 0.247 e. The van der Waals surface area contributed by atoms with Crippen molar-refractivity contribution in [3.63, 3.8) is 0 Å². The molecular weight excluding hydrogens is 212 g/mol. The van der Waals surface area contributed by atoms with Crippen LogP contribution in [-0.2, 0) is 0 Å². The molecule has 0 saturated heterocycles. The van der Waals surface area contributed by atoms with Gasteiger partial charge in [0.05, 0.1) is 9.92 Å². The number of hydrogen-bond acceptors (Lipinski definition) is 4. The van der Waals surface area contributed by atoms with Crippen LogP contribution >= 0.6 is 11.3 Å². The second kappa shape index (κ2) is 4.93. The number of hydrogen-bond donors (Lipinski definition) is 0. The number of nitro groups is 1. The zero-order valence-electron chi connectivity index (χ0n) is 9.06. The van der Waals surface area contributed by atoms with Crippen molar-refractivity contribution in [2.24, 2.45) is 0 Å². The summed E-state index contributed by atoms with van der Waals surface area (Å²) in [6, 6.07) is 3.86. The quantitative estimate of drug-likeness (QED) is 0.586. The molecule has 0 radical (unpaired) electrons. The van der Waals surface area contributed by atoms with Crippen LogP contribution < -0.4 is 4.90 Å². The molecule has 1 rings (SSSR count). The number of allylic oxidation sites excluding steroid dienone is 1. The lowest BCUT2D eigenvalue weighted by molar-refractivity contribution is -0.425. The van der Waals surface area contributed by atoms with Crippen LogP contribution in [0.3, 0.4) is 0 Å². The van der Waals surface area contributed by atoms with Crippen LogP contribution in [0.5, 0.6) is 0 Å². The molecule has 0 bridgehead atoms. The smallest absolute Gasteiger partial charge is 0.247 e. The van der Waals surface area contributed by atoms with E-state index in [2.05, 4.69) is 0 Å². The first-order valence-electron chi connectivity index (χ1n) is 4.66. The molecule has 82 valence electrons.